The van der Waals surface area contributed by atoms with Gasteiger partial charge in [-0.1, -0.05) is 73.5 Å². The third-order valence-electron chi connectivity index (χ3n) is 5.24. The summed E-state index contributed by atoms with van der Waals surface area (Å²) in [6.45, 7) is 4.23. The Morgan fingerprint density at radius 2 is 1.79 bits per heavy atom. The van der Waals surface area contributed by atoms with E-state index in [0.717, 1.165) is 28.2 Å². The van der Waals surface area contributed by atoms with Gasteiger partial charge in [0.05, 0.1) is 12.2 Å². The minimum atomic E-state index is -0.997. The van der Waals surface area contributed by atoms with Crippen LogP contribution in [0.5, 0.6) is 0 Å². The molecule has 0 bridgehead atoms. The number of imide groups is 1. The standard InChI is InChI=1S/C23H23N3O2S/c1-3-13-23(18-7-5-4-6-8-18)21(27)26(22(28)25-23)14-19-15-29-20(24-19)17-11-9-16(2)10-12-17/h4-12,15H,3,13-14H2,1-2H3,(H,25,28)/t23-/m0/s1. The van der Waals surface area contributed by atoms with E-state index in [9.17, 15) is 9.59 Å². The van der Waals surface area contributed by atoms with Gasteiger partial charge in [-0.3, -0.25) is 9.69 Å². The van der Waals surface area contributed by atoms with Crippen molar-refractivity contribution in [3.05, 3.63) is 76.8 Å². The van der Waals surface area contributed by atoms with Crippen molar-refractivity contribution in [2.75, 3.05) is 0 Å². The first-order valence-electron chi connectivity index (χ1n) is 9.74. The first-order chi connectivity index (χ1) is 14.0. The van der Waals surface area contributed by atoms with Gasteiger partial charge in [-0.15, -0.1) is 11.3 Å². The molecule has 0 aliphatic carbocycles. The highest BCUT2D eigenvalue weighted by Crippen LogP contribution is 2.34. The van der Waals surface area contributed by atoms with Crippen molar-refractivity contribution in [3.63, 3.8) is 0 Å². The molecule has 0 saturated carbocycles. The van der Waals surface area contributed by atoms with Gasteiger partial charge in [-0.05, 0) is 18.9 Å². The molecule has 29 heavy (non-hydrogen) atoms. The topological polar surface area (TPSA) is 62.3 Å². The van der Waals surface area contributed by atoms with Crippen LogP contribution in [0.3, 0.4) is 0 Å². The minimum Gasteiger partial charge on any atom is -0.319 e. The number of carbonyl (C=O) groups excluding carboxylic acids is 2. The molecule has 1 aliphatic rings. The van der Waals surface area contributed by atoms with Crippen LogP contribution < -0.4 is 5.32 Å². The van der Waals surface area contributed by atoms with Gasteiger partial charge in [0.25, 0.3) is 5.91 Å². The summed E-state index contributed by atoms with van der Waals surface area (Å²) < 4.78 is 0. The van der Waals surface area contributed by atoms with Crippen LogP contribution in [0.2, 0.25) is 0 Å². The smallest absolute Gasteiger partial charge is 0.319 e. The number of thiazole rings is 1. The van der Waals surface area contributed by atoms with Crippen LogP contribution >= 0.6 is 11.3 Å². The van der Waals surface area contributed by atoms with Gasteiger partial charge in [-0.2, -0.15) is 0 Å². The molecule has 0 unspecified atom stereocenters. The average Bonchev–Trinajstić information content (AvgIpc) is 3.29. The molecule has 148 valence electrons. The second-order valence-corrected chi connectivity index (χ2v) is 8.21. The van der Waals surface area contributed by atoms with E-state index in [-0.39, 0.29) is 18.5 Å². The molecule has 1 atom stereocenters. The van der Waals surface area contributed by atoms with Crippen LogP contribution in [0.15, 0.2) is 60.0 Å². The van der Waals surface area contributed by atoms with Crippen molar-refractivity contribution in [3.8, 4) is 10.6 Å². The Hall–Kier alpha value is -2.99. The summed E-state index contributed by atoms with van der Waals surface area (Å²) in [5, 5.41) is 5.76. The Morgan fingerprint density at radius 3 is 2.48 bits per heavy atom. The highest BCUT2D eigenvalue weighted by atomic mass is 32.1. The summed E-state index contributed by atoms with van der Waals surface area (Å²) >= 11 is 1.52. The van der Waals surface area contributed by atoms with E-state index >= 15 is 0 Å². The average molecular weight is 406 g/mol. The number of hydrogen-bond donors (Lipinski definition) is 1. The van der Waals surface area contributed by atoms with Gasteiger partial charge in [0.2, 0.25) is 0 Å². The normalized spacial score (nSPS) is 18.9. The zero-order chi connectivity index (χ0) is 20.4. The van der Waals surface area contributed by atoms with Crippen molar-refractivity contribution in [1.29, 1.82) is 0 Å². The van der Waals surface area contributed by atoms with Gasteiger partial charge in [-0.25, -0.2) is 9.78 Å². The van der Waals surface area contributed by atoms with E-state index in [1.54, 1.807) is 0 Å². The molecule has 5 nitrogen and oxygen atoms in total. The summed E-state index contributed by atoms with van der Waals surface area (Å²) in [5.74, 6) is -0.208. The molecule has 2 aromatic carbocycles. The first kappa shape index (κ1) is 19.3. The van der Waals surface area contributed by atoms with E-state index in [1.165, 1.54) is 21.8 Å². The van der Waals surface area contributed by atoms with Gasteiger partial charge in [0.15, 0.2) is 0 Å². The number of nitrogens with zero attached hydrogens (tertiary/aromatic N) is 2. The van der Waals surface area contributed by atoms with E-state index in [2.05, 4.69) is 10.3 Å². The number of aryl methyl sites for hydroxylation is 1. The fourth-order valence-corrected chi connectivity index (χ4v) is 4.56. The number of urea groups is 1. The number of rotatable bonds is 6. The van der Waals surface area contributed by atoms with E-state index in [0.29, 0.717) is 6.42 Å². The SMILES string of the molecule is CCC[C@@]1(c2ccccc2)NC(=O)N(Cc2csc(-c3ccc(C)cc3)n2)C1=O. The van der Waals surface area contributed by atoms with Crippen LogP contribution in [-0.4, -0.2) is 21.8 Å². The molecule has 0 radical (unpaired) electrons. The van der Waals surface area contributed by atoms with Gasteiger partial charge >= 0.3 is 6.03 Å². The number of aromatic nitrogens is 1. The van der Waals surface area contributed by atoms with Crippen molar-refractivity contribution >= 4 is 23.3 Å². The third-order valence-corrected chi connectivity index (χ3v) is 6.18. The molecule has 1 fully saturated rings. The lowest BCUT2D eigenvalue weighted by molar-refractivity contribution is -0.132. The van der Waals surface area contributed by atoms with Gasteiger partial charge in [0, 0.05) is 10.9 Å². The Morgan fingerprint density at radius 1 is 1.07 bits per heavy atom. The maximum absolute atomic E-state index is 13.4. The molecule has 3 aromatic rings. The quantitative estimate of drug-likeness (QED) is 0.596. The number of hydrogen-bond acceptors (Lipinski definition) is 4. The molecule has 2 heterocycles. The number of benzene rings is 2. The molecule has 6 heteroatoms. The summed E-state index contributed by atoms with van der Waals surface area (Å²) in [7, 11) is 0. The summed E-state index contributed by atoms with van der Waals surface area (Å²) in [6, 6.07) is 17.3. The molecule has 1 aliphatic heterocycles. The van der Waals surface area contributed by atoms with E-state index in [4.69, 9.17) is 0 Å². The molecule has 1 N–H and O–H groups in total. The molecule has 0 spiro atoms. The fraction of sp³-hybridized carbons (Fsp3) is 0.261. The van der Waals surface area contributed by atoms with Gasteiger partial charge < -0.3 is 5.32 Å². The zero-order valence-corrected chi connectivity index (χ0v) is 17.3. The number of nitrogens with one attached hydrogen (secondary N) is 1. The third kappa shape index (κ3) is 3.56. The lowest BCUT2D eigenvalue weighted by Crippen LogP contribution is -2.43. The van der Waals surface area contributed by atoms with Crippen molar-refractivity contribution in [1.82, 2.24) is 15.2 Å². The number of carbonyl (C=O) groups is 2. The van der Waals surface area contributed by atoms with Crippen LogP contribution in [0.1, 0.15) is 36.6 Å². The predicted molar refractivity (Wildman–Crippen MR) is 114 cm³/mol. The minimum absolute atomic E-state index is 0.172. The van der Waals surface area contributed by atoms with Crippen LogP contribution in [0.4, 0.5) is 4.79 Å². The predicted octanol–water partition coefficient (Wildman–Crippen LogP) is 4.87. The monoisotopic (exact) mass is 405 g/mol. The second-order valence-electron chi connectivity index (χ2n) is 7.35. The van der Waals surface area contributed by atoms with E-state index in [1.807, 2.05) is 73.8 Å². The van der Waals surface area contributed by atoms with Crippen molar-refractivity contribution in [2.24, 2.45) is 0 Å². The first-order valence-corrected chi connectivity index (χ1v) is 10.6. The Balaban J connectivity index is 1.59. The Bertz CT molecular complexity index is 1030. The van der Waals surface area contributed by atoms with Crippen molar-refractivity contribution in [2.45, 2.75) is 38.8 Å². The summed E-state index contributed by atoms with van der Waals surface area (Å²) in [4.78, 5) is 32.0. The van der Waals surface area contributed by atoms with E-state index < -0.39 is 5.54 Å². The Kier molecular flexibility index (Phi) is 5.20. The molecule has 3 amide bonds. The fourth-order valence-electron chi connectivity index (χ4n) is 3.75. The summed E-state index contributed by atoms with van der Waals surface area (Å²) in [5.41, 5.74) is 2.77. The molecule has 1 saturated heterocycles. The van der Waals surface area contributed by atoms with Gasteiger partial charge in [0.1, 0.15) is 10.5 Å². The molecular weight excluding hydrogens is 382 g/mol. The van der Waals surface area contributed by atoms with Crippen LogP contribution in [-0.2, 0) is 16.9 Å². The van der Waals surface area contributed by atoms with Crippen molar-refractivity contribution < 1.29 is 9.59 Å². The highest BCUT2D eigenvalue weighted by molar-refractivity contribution is 7.13. The highest BCUT2D eigenvalue weighted by Gasteiger charge is 2.51. The van der Waals surface area contributed by atoms with Crippen LogP contribution in [0.25, 0.3) is 10.6 Å². The molecule has 1 aromatic heterocycles. The maximum Gasteiger partial charge on any atom is 0.325 e. The second kappa shape index (κ2) is 7.79. The zero-order valence-electron chi connectivity index (χ0n) is 16.5. The van der Waals surface area contributed by atoms with Crippen LogP contribution in [0, 0.1) is 6.92 Å². The lowest BCUT2D eigenvalue weighted by Gasteiger charge is -2.26. The summed E-state index contributed by atoms with van der Waals surface area (Å²) in [6.07, 6.45) is 1.34. The molecular formula is C23H23N3O2S. The largest absolute Gasteiger partial charge is 0.325 e. The molecule has 4 rings (SSSR count). The number of amides is 3. The Labute approximate surface area is 174 Å². The lowest BCUT2D eigenvalue weighted by atomic mass is 9.85. The maximum atomic E-state index is 13.4.